The third kappa shape index (κ3) is 2.64. The van der Waals surface area contributed by atoms with Crippen molar-refractivity contribution in [3.63, 3.8) is 0 Å². The summed E-state index contributed by atoms with van der Waals surface area (Å²) in [5.41, 5.74) is 4.10. The van der Waals surface area contributed by atoms with Crippen LogP contribution < -0.4 is 4.74 Å². The van der Waals surface area contributed by atoms with E-state index in [4.69, 9.17) is 4.74 Å². The van der Waals surface area contributed by atoms with Crippen molar-refractivity contribution in [1.29, 1.82) is 0 Å². The molecule has 0 saturated heterocycles. The largest absolute Gasteiger partial charge is 0.497 e. The Hall–Kier alpha value is -1.84. The van der Waals surface area contributed by atoms with Crippen LogP contribution in [0.5, 0.6) is 5.75 Å². The number of hydrogen-bond acceptors (Lipinski definition) is 3. The van der Waals surface area contributed by atoms with Gasteiger partial charge in [0.15, 0.2) is 0 Å². The molecular formula is C13H17N3O. The Morgan fingerprint density at radius 1 is 1.12 bits per heavy atom. The van der Waals surface area contributed by atoms with E-state index in [-0.39, 0.29) is 0 Å². The van der Waals surface area contributed by atoms with Crippen molar-refractivity contribution < 1.29 is 4.74 Å². The highest BCUT2D eigenvalue weighted by Crippen LogP contribution is 2.14. The van der Waals surface area contributed by atoms with Crippen molar-refractivity contribution in [2.24, 2.45) is 0 Å². The van der Waals surface area contributed by atoms with Crippen LogP contribution in [-0.4, -0.2) is 21.9 Å². The first-order chi connectivity index (χ1) is 8.08. The fraction of sp³-hybridized carbons (Fsp3) is 0.385. The van der Waals surface area contributed by atoms with E-state index in [1.54, 1.807) is 7.11 Å². The van der Waals surface area contributed by atoms with E-state index in [1.165, 1.54) is 0 Å². The first-order valence-electron chi connectivity index (χ1n) is 5.61. The van der Waals surface area contributed by atoms with Crippen LogP contribution in [0.25, 0.3) is 0 Å². The molecular weight excluding hydrogens is 214 g/mol. The van der Waals surface area contributed by atoms with E-state index >= 15 is 0 Å². The Morgan fingerprint density at radius 2 is 1.88 bits per heavy atom. The van der Waals surface area contributed by atoms with Gasteiger partial charge in [-0.15, -0.1) is 0 Å². The average Bonchev–Trinajstić information content (AvgIpc) is 2.56. The predicted molar refractivity (Wildman–Crippen MR) is 66.3 cm³/mol. The van der Waals surface area contributed by atoms with Crippen molar-refractivity contribution in [3.8, 4) is 5.75 Å². The van der Waals surface area contributed by atoms with Crippen LogP contribution in [-0.2, 0) is 6.54 Å². The van der Waals surface area contributed by atoms with E-state index in [1.807, 2.05) is 37.6 Å². The summed E-state index contributed by atoms with van der Waals surface area (Å²) in [6.07, 6.45) is 0. The standard InChI is InChI=1S/C13H17N3O/c1-9-6-13(17-4)7-12(14-9)8-16-11(3)5-10(2)15-16/h5-7H,8H2,1-4H3. The molecule has 0 amide bonds. The second kappa shape index (κ2) is 4.57. The summed E-state index contributed by atoms with van der Waals surface area (Å²) in [6.45, 7) is 6.69. The lowest BCUT2D eigenvalue weighted by Crippen LogP contribution is -2.06. The first-order valence-corrected chi connectivity index (χ1v) is 5.61. The molecule has 2 aromatic rings. The van der Waals surface area contributed by atoms with Gasteiger partial charge >= 0.3 is 0 Å². The second-order valence-corrected chi connectivity index (χ2v) is 4.22. The number of pyridine rings is 1. The van der Waals surface area contributed by atoms with Crippen LogP contribution in [0.2, 0.25) is 0 Å². The first kappa shape index (κ1) is 11.6. The SMILES string of the molecule is COc1cc(C)nc(Cn2nc(C)cc2C)c1. The minimum absolute atomic E-state index is 0.678. The highest BCUT2D eigenvalue weighted by Gasteiger charge is 2.05. The zero-order valence-corrected chi connectivity index (χ0v) is 10.7. The highest BCUT2D eigenvalue weighted by molar-refractivity contribution is 5.27. The topological polar surface area (TPSA) is 39.9 Å². The number of rotatable bonds is 3. The van der Waals surface area contributed by atoms with Gasteiger partial charge in [0, 0.05) is 23.5 Å². The summed E-state index contributed by atoms with van der Waals surface area (Å²) in [5.74, 6) is 0.842. The van der Waals surface area contributed by atoms with E-state index in [2.05, 4.69) is 16.1 Å². The molecule has 4 heteroatoms. The molecule has 0 spiro atoms. The molecule has 0 bridgehead atoms. The van der Waals surface area contributed by atoms with Crippen molar-refractivity contribution in [2.45, 2.75) is 27.3 Å². The summed E-state index contributed by atoms with van der Waals surface area (Å²) in [6, 6.07) is 5.93. The number of aryl methyl sites for hydroxylation is 3. The number of aromatic nitrogens is 3. The van der Waals surface area contributed by atoms with E-state index in [0.717, 1.165) is 28.5 Å². The fourth-order valence-corrected chi connectivity index (χ4v) is 1.89. The predicted octanol–water partition coefficient (Wildman–Crippen LogP) is 2.26. The minimum Gasteiger partial charge on any atom is -0.497 e. The highest BCUT2D eigenvalue weighted by atomic mass is 16.5. The lowest BCUT2D eigenvalue weighted by Gasteiger charge is -2.07. The van der Waals surface area contributed by atoms with Gasteiger partial charge in [0.25, 0.3) is 0 Å². The van der Waals surface area contributed by atoms with Gasteiger partial charge in [-0.25, -0.2) is 0 Å². The lowest BCUT2D eigenvalue weighted by atomic mass is 10.3. The number of hydrogen-bond donors (Lipinski definition) is 0. The Morgan fingerprint density at radius 3 is 2.47 bits per heavy atom. The molecule has 2 rings (SSSR count). The van der Waals surface area contributed by atoms with Crippen molar-refractivity contribution >= 4 is 0 Å². The van der Waals surface area contributed by atoms with Crippen LogP contribution in [0.15, 0.2) is 18.2 Å². The Kier molecular flexibility index (Phi) is 3.13. The van der Waals surface area contributed by atoms with Crippen LogP contribution in [0.4, 0.5) is 0 Å². The van der Waals surface area contributed by atoms with Gasteiger partial charge in [0.1, 0.15) is 5.75 Å². The third-order valence-corrected chi connectivity index (χ3v) is 2.63. The molecule has 0 radical (unpaired) electrons. The summed E-state index contributed by atoms with van der Waals surface area (Å²) in [5, 5.41) is 4.43. The maximum Gasteiger partial charge on any atom is 0.122 e. The Balaban J connectivity index is 2.29. The van der Waals surface area contributed by atoms with Gasteiger partial charge in [0.05, 0.1) is 25.0 Å². The maximum absolute atomic E-state index is 5.24. The van der Waals surface area contributed by atoms with Crippen molar-refractivity contribution in [2.75, 3.05) is 7.11 Å². The Labute approximate surface area is 101 Å². The number of nitrogens with zero attached hydrogens (tertiary/aromatic N) is 3. The Bertz CT molecular complexity index is 531. The monoisotopic (exact) mass is 231 g/mol. The lowest BCUT2D eigenvalue weighted by molar-refractivity contribution is 0.412. The second-order valence-electron chi connectivity index (χ2n) is 4.22. The molecule has 0 aliphatic rings. The van der Waals surface area contributed by atoms with Crippen LogP contribution >= 0.6 is 0 Å². The van der Waals surface area contributed by atoms with Crippen LogP contribution in [0.3, 0.4) is 0 Å². The zero-order chi connectivity index (χ0) is 12.4. The summed E-state index contributed by atoms with van der Waals surface area (Å²) >= 11 is 0. The summed E-state index contributed by atoms with van der Waals surface area (Å²) in [7, 11) is 1.67. The van der Waals surface area contributed by atoms with E-state index in [9.17, 15) is 0 Å². The molecule has 0 saturated carbocycles. The molecule has 0 aliphatic carbocycles. The molecule has 90 valence electrons. The summed E-state index contributed by atoms with van der Waals surface area (Å²) in [4.78, 5) is 4.49. The van der Waals surface area contributed by atoms with Gasteiger partial charge in [-0.2, -0.15) is 5.10 Å². The smallest absolute Gasteiger partial charge is 0.122 e. The zero-order valence-electron chi connectivity index (χ0n) is 10.7. The molecule has 0 aromatic carbocycles. The minimum atomic E-state index is 0.678. The molecule has 17 heavy (non-hydrogen) atoms. The molecule has 0 aliphatic heterocycles. The van der Waals surface area contributed by atoms with E-state index in [0.29, 0.717) is 6.54 Å². The molecule has 2 heterocycles. The molecule has 2 aromatic heterocycles. The van der Waals surface area contributed by atoms with Crippen molar-refractivity contribution in [3.05, 3.63) is 41.0 Å². The molecule has 0 unspecified atom stereocenters. The van der Waals surface area contributed by atoms with Gasteiger partial charge in [-0.1, -0.05) is 0 Å². The van der Waals surface area contributed by atoms with Crippen molar-refractivity contribution in [1.82, 2.24) is 14.8 Å². The van der Waals surface area contributed by atoms with Gasteiger partial charge in [-0.05, 0) is 26.8 Å². The summed E-state index contributed by atoms with van der Waals surface area (Å²) < 4.78 is 7.19. The molecule has 4 nitrogen and oxygen atoms in total. The van der Waals surface area contributed by atoms with Gasteiger partial charge in [-0.3, -0.25) is 9.67 Å². The maximum atomic E-state index is 5.24. The van der Waals surface area contributed by atoms with E-state index < -0.39 is 0 Å². The normalized spacial score (nSPS) is 10.6. The van der Waals surface area contributed by atoms with Gasteiger partial charge < -0.3 is 4.74 Å². The quantitative estimate of drug-likeness (QED) is 0.813. The molecule has 0 atom stereocenters. The van der Waals surface area contributed by atoms with Gasteiger partial charge in [0.2, 0.25) is 0 Å². The van der Waals surface area contributed by atoms with Crippen LogP contribution in [0, 0.1) is 20.8 Å². The fourth-order valence-electron chi connectivity index (χ4n) is 1.89. The average molecular weight is 231 g/mol. The third-order valence-electron chi connectivity index (χ3n) is 2.63. The number of ether oxygens (including phenoxy) is 1. The molecule has 0 fully saturated rings. The van der Waals surface area contributed by atoms with Crippen LogP contribution in [0.1, 0.15) is 22.8 Å². The molecule has 0 N–H and O–H groups in total. The number of methoxy groups -OCH3 is 1.